The fraction of sp³-hybridized carbons (Fsp3) is 0.526. The summed E-state index contributed by atoms with van der Waals surface area (Å²) < 4.78 is 4.93. The molecule has 3 rings (SSSR count). The zero-order valence-electron chi connectivity index (χ0n) is 15.0. The number of rotatable bonds is 5. The smallest absolute Gasteiger partial charge is 0.338 e. The van der Waals surface area contributed by atoms with Crippen LogP contribution in [-0.2, 0) is 14.3 Å². The van der Waals surface area contributed by atoms with Gasteiger partial charge in [0.05, 0.1) is 24.6 Å². The fourth-order valence-electron chi connectivity index (χ4n) is 3.72. The zero-order valence-corrected chi connectivity index (χ0v) is 15.0. The topological polar surface area (TPSA) is 101 Å². The largest absolute Gasteiger partial charge is 0.462 e. The van der Waals surface area contributed by atoms with Crippen LogP contribution >= 0.6 is 0 Å². The first-order valence-corrected chi connectivity index (χ1v) is 9.29. The average molecular weight is 360 g/mol. The lowest BCUT2D eigenvalue weighted by molar-refractivity contribution is -0.718. The Bertz CT molecular complexity index is 674. The van der Waals surface area contributed by atoms with E-state index >= 15 is 0 Å². The Kier molecular flexibility index (Phi) is 5.88. The van der Waals surface area contributed by atoms with Gasteiger partial charge in [-0.05, 0) is 44.0 Å². The maximum atomic E-state index is 12.3. The minimum absolute atomic E-state index is 0.0547. The number of carbonyl (C=O) groups excluding carboxylic acids is 3. The van der Waals surface area contributed by atoms with E-state index in [4.69, 9.17) is 4.74 Å². The maximum Gasteiger partial charge on any atom is 0.338 e. The zero-order chi connectivity index (χ0) is 18.5. The number of esters is 1. The number of anilines is 1. The van der Waals surface area contributed by atoms with E-state index in [1.54, 1.807) is 31.2 Å². The van der Waals surface area contributed by atoms with Crippen LogP contribution in [0.3, 0.4) is 0 Å². The highest BCUT2D eigenvalue weighted by Gasteiger charge is 2.40. The number of amides is 2. The number of quaternary nitrogens is 1. The van der Waals surface area contributed by atoms with Crippen molar-refractivity contribution in [3.05, 3.63) is 29.8 Å². The van der Waals surface area contributed by atoms with Crippen molar-refractivity contribution in [3.63, 3.8) is 0 Å². The summed E-state index contributed by atoms with van der Waals surface area (Å²) in [6.07, 6.45) is 4.58. The third-order valence-corrected chi connectivity index (χ3v) is 5.05. The molecule has 2 fully saturated rings. The monoisotopic (exact) mass is 360 g/mol. The summed E-state index contributed by atoms with van der Waals surface area (Å²) in [4.78, 5) is 36.2. The molecule has 2 aliphatic rings. The summed E-state index contributed by atoms with van der Waals surface area (Å²) in [5.74, 6) is -0.651. The number of hydrogen-bond donors (Lipinski definition) is 3. The first-order valence-electron chi connectivity index (χ1n) is 9.29. The average Bonchev–Trinajstić information content (AvgIpc) is 2.63. The van der Waals surface area contributed by atoms with Crippen LogP contribution in [0.25, 0.3) is 0 Å². The normalized spacial score (nSPS) is 25.0. The number of ether oxygens (including phenoxy) is 1. The van der Waals surface area contributed by atoms with Crippen molar-refractivity contribution in [2.45, 2.75) is 57.2 Å². The lowest BCUT2D eigenvalue weighted by atomic mass is 9.87. The van der Waals surface area contributed by atoms with E-state index in [2.05, 4.69) is 16.0 Å². The molecule has 26 heavy (non-hydrogen) atoms. The molecule has 0 unspecified atom stereocenters. The van der Waals surface area contributed by atoms with Crippen molar-refractivity contribution in [2.75, 3.05) is 11.9 Å². The van der Waals surface area contributed by atoms with Crippen molar-refractivity contribution in [1.82, 2.24) is 5.32 Å². The lowest BCUT2D eigenvalue weighted by Gasteiger charge is -2.37. The predicted octanol–water partition coefficient (Wildman–Crippen LogP) is 0.565. The summed E-state index contributed by atoms with van der Waals surface area (Å²) in [5.41, 5.74) is 1.03. The molecule has 140 valence electrons. The van der Waals surface area contributed by atoms with Gasteiger partial charge in [0.2, 0.25) is 5.91 Å². The Hall–Kier alpha value is -2.41. The summed E-state index contributed by atoms with van der Waals surface area (Å²) in [6, 6.07) is 6.78. The van der Waals surface area contributed by atoms with E-state index < -0.39 is 0 Å². The Labute approximate surface area is 152 Å². The van der Waals surface area contributed by atoms with Crippen LogP contribution in [0.2, 0.25) is 0 Å². The number of hydrogen-bond acceptors (Lipinski definition) is 4. The van der Waals surface area contributed by atoms with E-state index in [1.807, 2.05) is 0 Å². The Morgan fingerprint density at radius 1 is 1.23 bits per heavy atom. The first kappa shape index (κ1) is 18.4. The van der Waals surface area contributed by atoms with Crippen molar-refractivity contribution in [2.24, 2.45) is 0 Å². The van der Waals surface area contributed by atoms with E-state index in [0.29, 0.717) is 23.9 Å². The second-order valence-electron chi connectivity index (χ2n) is 6.91. The highest BCUT2D eigenvalue weighted by Crippen LogP contribution is 2.18. The summed E-state index contributed by atoms with van der Waals surface area (Å²) in [6.45, 7) is 2.07. The number of piperazine rings is 1. The molecule has 1 saturated carbocycles. The molecular formula is C19H26N3O4+. The number of nitrogens with two attached hydrogens (primary N) is 1. The van der Waals surface area contributed by atoms with Gasteiger partial charge in [-0.25, -0.2) is 4.79 Å². The molecule has 0 spiro atoms. The first-order chi connectivity index (χ1) is 12.6. The van der Waals surface area contributed by atoms with Crippen LogP contribution in [0.4, 0.5) is 5.69 Å². The molecule has 1 aliphatic carbocycles. The van der Waals surface area contributed by atoms with Gasteiger partial charge in [-0.15, -0.1) is 0 Å². The highest BCUT2D eigenvalue weighted by atomic mass is 16.5. The molecule has 0 aromatic heterocycles. The van der Waals surface area contributed by atoms with E-state index in [0.717, 1.165) is 19.3 Å². The Morgan fingerprint density at radius 3 is 2.69 bits per heavy atom. The summed E-state index contributed by atoms with van der Waals surface area (Å²) in [5, 5.41) is 7.92. The maximum absolute atomic E-state index is 12.3. The van der Waals surface area contributed by atoms with Gasteiger partial charge in [0, 0.05) is 12.1 Å². The van der Waals surface area contributed by atoms with E-state index in [9.17, 15) is 14.4 Å². The SMILES string of the molecule is CCOC(=O)c1ccc(NC(=O)C[C@@H]2[NH2+][C@H]3CCCC[C@@H]3NC2=O)cc1. The van der Waals surface area contributed by atoms with Crippen molar-refractivity contribution >= 4 is 23.5 Å². The second kappa shape index (κ2) is 8.31. The summed E-state index contributed by atoms with van der Waals surface area (Å²) >= 11 is 0. The molecule has 1 aliphatic heterocycles. The van der Waals surface area contributed by atoms with Gasteiger partial charge in [0.15, 0.2) is 6.04 Å². The van der Waals surface area contributed by atoms with Gasteiger partial charge in [0.25, 0.3) is 5.91 Å². The van der Waals surface area contributed by atoms with Gasteiger partial charge in [-0.1, -0.05) is 6.42 Å². The molecular weight excluding hydrogens is 334 g/mol. The number of benzene rings is 1. The number of carbonyl (C=O) groups is 3. The van der Waals surface area contributed by atoms with Crippen LogP contribution < -0.4 is 16.0 Å². The molecule has 0 radical (unpaired) electrons. The standard InChI is InChI=1S/C19H25N3O4/c1-2-26-19(25)12-7-9-13(10-8-12)20-17(23)11-16-18(24)22-15-6-4-3-5-14(15)21-16/h7-10,14-16,21H,2-6,11H2,1H3,(H,20,23)(H,22,24)/p+1/t14-,15-,16-/m0/s1. The fourth-order valence-corrected chi connectivity index (χ4v) is 3.72. The molecule has 1 aromatic carbocycles. The Morgan fingerprint density at radius 2 is 1.96 bits per heavy atom. The van der Waals surface area contributed by atoms with E-state index in [-0.39, 0.29) is 36.3 Å². The summed E-state index contributed by atoms with van der Waals surface area (Å²) in [7, 11) is 0. The molecule has 0 bridgehead atoms. The van der Waals surface area contributed by atoms with Crippen molar-refractivity contribution in [1.29, 1.82) is 0 Å². The molecule has 1 aromatic rings. The third kappa shape index (κ3) is 4.40. The predicted molar refractivity (Wildman–Crippen MR) is 95.5 cm³/mol. The van der Waals surface area contributed by atoms with Gasteiger partial charge in [-0.2, -0.15) is 0 Å². The van der Waals surface area contributed by atoms with Gasteiger partial charge in [-0.3, -0.25) is 9.59 Å². The van der Waals surface area contributed by atoms with Gasteiger partial charge >= 0.3 is 5.97 Å². The molecule has 1 saturated heterocycles. The van der Waals surface area contributed by atoms with Crippen molar-refractivity contribution < 1.29 is 24.4 Å². The van der Waals surface area contributed by atoms with Crippen molar-refractivity contribution in [3.8, 4) is 0 Å². The molecule has 2 amide bonds. The van der Waals surface area contributed by atoms with Crippen LogP contribution in [0.1, 0.15) is 49.4 Å². The number of nitrogens with one attached hydrogen (secondary N) is 2. The Balaban J connectivity index is 1.53. The van der Waals surface area contributed by atoms with Crippen LogP contribution in [0, 0.1) is 0 Å². The second-order valence-corrected chi connectivity index (χ2v) is 6.91. The minimum atomic E-state index is -0.388. The molecule has 7 heteroatoms. The molecule has 4 N–H and O–H groups in total. The van der Waals surface area contributed by atoms with Crippen LogP contribution in [0.5, 0.6) is 0 Å². The number of fused-ring (bicyclic) bond motifs is 1. The minimum Gasteiger partial charge on any atom is -0.462 e. The third-order valence-electron chi connectivity index (χ3n) is 5.05. The highest BCUT2D eigenvalue weighted by molar-refractivity contribution is 5.96. The lowest BCUT2D eigenvalue weighted by Crippen LogP contribution is -3.03. The van der Waals surface area contributed by atoms with Crippen LogP contribution in [0.15, 0.2) is 24.3 Å². The van der Waals surface area contributed by atoms with E-state index in [1.165, 1.54) is 6.42 Å². The molecule has 3 atom stereocenters. The van der Waals surface area contributed by atoms with Crippen LogP contribution in [-0.4, -0.2) is 42.5 Å². The molecule has 1 heterocycles. The molecule has 7 nitrogen and oxygen atoms in total. The van der Waals surface area contributed by atoms with Gasteiger partial charge < -0.3 is 20.7 Å². The quantitative estimate of drug-likeness (QED) is 0.668. The van der Waals surface area contributed by atoms with Gasteiger partial charge in [0.1, 0.15) is 6.04 Å².